The van der Waals surface area contributed by atoms with Crippen LogP contribution in [0, 0.1) is 0 Å². The molecule has 0 aliphatic carbocycles. The Morgan fingerprint density at radius 2 is 2.00 bits per heavy atom. The van der Waals surface area contributed by atoms with Crippen LogP contribution in [0.15, 0.2) is 35.4 Å². The molecule has 1 aliphatic rings. The molecule has 140 valence electrons. The minimum atomic E-state index is -0.636. The summed E-state index contributed by atoms with van der Waals surface area (Å²) in [6.45, 7) is 5.77. The highest BCUT2D eigenvalue weighted by molar-refractivity contribution is 5.70. The lowest BCUT2D eigenvalue weighted by atomic mass is 10.2. The zero-order chi connectivity index (χ0) is 19.2. The highest BCUT2D eigenvalue weighted by Gasteiger charge is 2.37. The van der Waals surface area contributed by atoms with Crippen LogP contribution in [0.25, 0.3) is 10.4 Å². The summed E-state index contributed by atoms with van der Waals surface area (Å²) in [5, 5.41) is 6.32. The largest absolute Gasteiger partial charge is 0.445 e. The van der Waals surface area contributed by atoms with Crippen molar-refractivity contribution in [1.29, 1.82) is 0 Å². The number of azide groups is 1. The minimum absolute atomic E-state index is 0.126. The number of rotatable bonds is 4. The lowest BCUT2D eigenvalue weighted by molar-refractivity contribution is 0.0288. The summed E-state index contributed by atoms with van der Waals surface area (Å²) < 4.78 is 10.5. The van der Waals surface area contributed by atoms with Gasteiger partial charge in [-0.25, -0.2) is 9.59 Å². The third-order valence-corrected chi connectivity index (χ3v) is 3.66. The summed E-state index contributed by atoms with van der Waals surface area (Å²) in [7, 11) is 0. The molecule has 1 N–H and O–H groups in total. The van der Waals surface area contributed by atoms with Gasteiger partial charge in [-0.05, 0) is 31.9 Å². The third-order valence-electron chi connectivity index (χ3n) is 3.66. The summed E-state index contributed by atoms with van der Waals surface area (Å²) in [6, 6.07) is 8.13. The van der Waals surface area contributed by atoms with Gasteiger partial charge in [-0.2, -0.15) is 0 Å². The lowest BCUT2D eigenvalue weighted by Gasteiger charge is -2.24. The van der Waals surface area contributed by atoms with Crippen molar-refractivity contribution < 1.29 is 19.1 Å². The Bertz CT molecular complexity index is 682. The van der Waals surface area contributed by atoms with E-state index < -0.39 is 29.9 Å². The highest BCUT2D eigenvalue weighted by atomic mass is 16.6. The van der Waals surface area contributed by atoms with Crippen LogP contribution in [-0.2, 0) is 16.1 Å². The van der Waals surface area contributed by atoms with Gasteiger partial charge >= 0.3 is 12.2 Å². The predicted octanol–water partition coefficient (Wildman–Crippen LogP) is 3.21. The Kier molecular flexibility index (Phi) is 6.30. The van der Waals surface area contributed by atoms with E-state index in [1.54, 1.807) is 20.8 Å². The number of carbonyl (C=O) groups is 2. The van der Waals surface area contributed by atoms with Gasteiger partial charge in [0.15, 0.2) is 0 Å². The molecule has 26 heavy (non-hydrogen) atoms. The van der Waals surface area contributed by atoms with Crippen LogP contribution in [0.2, 0.25) is 0 Å². The molecular weight excluding hydrogens is 338 g/mol. The topological polar surface area (TPSA) is 117 Å². The normalized spacial score (nSPS) is 19.4. The first-order chi connectivity index (χ1) is 12.3. The zero-order valence-electron chi connectivity index (χ0n) is 15.1. The second-order valence-electron chi connectivity index (χ2n) is 6.97. The van der Waals surface area contributed by atoms with Crippen molar-refractivity contribution in [2.24, 2.45) is 5.11 Å². The lowest BCUT2D eigenvalue weighted by Crippen LogP contribution is -2.43. The van der Waals surface area contributed by atoms with Gasteiger partial charge in [0.2, 0.25) is 0 Å². The van der Waals surface area contributed by atoms with Gasteiger partial charge in [-0.15, -0.1) is 0 Å². The van der Waals surface area contributed by atoms with Gasteiger partial charge in [0, 0.05) is 18.0 Å². The number of amides is 2. The van der Waals surface area contributed by atoms with Crippen LogP contribution in [0.5, 0.6) is 0 Å². The molecular formula is C17H23N5O4. The number of benzene rings is 1. The molecule has 9 heteroatoms. The average molecular weight is 361 g/mol. The van der Waals surface area contributed by atoms with E-state index in [9.17, 15) is 9.59 Å². The quantitative estimate of drug-likeness (QED) is 0.503. The monoisotopic (exact) mass is 361 g/mol. The molecule has 1 heterocycles. The minimum Gasteiger partial charge on any atom is -0.445 e. The van der Waals surface area contributed by atoms with Crippen LogP contribution in [-0.4, -0.2) is 47.9 Å². The summed E-state index contributed by atoms with van der Waals surface area (Å²) in [5.74, 6) is 0. The number of likely N-dealkylation sites (tertiary alicyclic amines) is 1. The van der Waals surface area contributed by atoms with Gasteiger partial charge in [0.05, 0.1) is 12.1 Å². The van der Waals surface area contributed by atoms with Crippen molar-refractivity contribution >= 4 is 12.2 Å². The summed E-state index contributed by atoms with van der Waals surface area (Å²) in [6.07, 6.45) is -1.15. The maximum Gasteiger partial charge on any atom is 0.410 e. The average Bonchev–Trinajstić information content (AvgIpc) is 2.96. The standard InChI is InChI=1S/C17H23N5O4/c1-17(2,3)26-16(24)22-9-13(14(10-22)20-21-18)19-15(23)25-11-12-7-5-4-6-8-12/h4-8,13-14H,9-11H2,1-3H3,(H,19,23)/t13-,14+/m1/s1. The first kappa shape index (κ1) is 19.4. The number of carbonyl (C=O) groups excluding carboxylic acids is 2. The number of ether oxygens (including phenoxy) is 2. The Morgan fingerprint density at radius 3 is 2.62 bits per heavy atom. The van der Waals surface area contributed by atoms with E-state index >= 15 is 0 Å². The van der Waals surface area contributed by atoms with Crippen molar-refractivity contribution in [2.45, 2.75) is 45.1 Å². The maximum atomic E-state index is 12.2. The van der Waals surface area contributed by atoms with Crippen molar-refractivity contribution in [1.82, 2.24) is 10.2 Å². The van der Waals surface area contributed by atoms with Crippen molar-refractivity contribution in [2.75, 3.05) is 13.1 Å². The van der Waals surface area contributed by atoms with Crippen LogP contribution >= 0.6 is 0 Å². The van der Waals surface area contributed by atoms with Crippen LogP contribution < -0.4 is 5.32 Å². The molecule has 0 saturated carbocycles. The second kappa shape index (κ2) is 8.44. The summed E-state index contributed by atoms with van der Waals surface area (Å²) in [5.41, 5.74) is 8.95. The summed E-state index contributed by atoms with van der Waals surface area (Å²) >= 11 is 0. The number of alkyl carbamates (subject to hydrolysis) is 1. The molecule has 1 aliphatic heterocycles. The fourth-order valence-electron chi connectivity index (χ4n) is 2.50. The van der Waals surface area contributed by atoms with E-state index in [0.717, 1.165) is 5.56 Å². The van der Waals surface area contributed by atoms with Gasteiger partial charge in [-0.3, -0.25) is 0 Å². The molecule has 2 amide bonds. The van der Waals surface area contributed by atoms with Gasteiger partial charge < -0.3 is 19.7 Å². The molecule has 1 aromatic carbocycles. The molecule has 0 aromatic heterocycles. The number of nitrogens with one attached hydrogen (secondary N) is 1. The number of nitrogens with zero attached hydrogens (tertiary/aromatic N) is 4. The van der Waals surface area contributed by atoms with Crippen molar-refractivity contribution in [3.63, 3.8) is 0 Å². The molecule has 1 saturated heterocycles. The van der Waals surface area contributed by atoms with Crippen LogP contribution in [0.3, 0.4) is 0 Å². The molecule has 2 rings (SSSR count). The van der Waals surface area contributed by atoms with E-state index in [2.05, 4.69) is 15.3 Å². The van der Waals surface area contributed by atoms with E-state index in [0.29, 0.717) is 0 Å². The van der Waals surface area contributed by atoms with E-state index in [1.165, 1.54) is 4.90 Å². The Hall–Kier alpha value is -2.93. The number of hydrogen-bond donors (Lipinski definition) is 1. The zero-order valence-corrected chi connectivity index (χ0v) is 15.1. The third kappa shape index (κ3) is 5.86. The Labute approximate surface area is 151 Å². The molecule has 1 fully saturated rings. The highest BCUT2D eigenvalue weighted by Crippen LogP contribution is 2.18. The van der Waals surface area contributed by atoms with Gasteiger partial charge in [-0.1, -0.05) is 35.4 Å². The van der Waals surface area contributed by atoms with E-state index in [4.69, 9.17) is 15.0 Å². The smallest absolute Gasteiger partial charge is 0.410 e. The first-order valence-corrected chi connectivity index (χ1v) is 8.28. The Morgan fingerprint density at radius 1 is 1.31 bits per heavy atom. The molecule has 1 aromatic rings. The molecule has 9 nitrogen and oxygen atoms in total. The fourth-order valence-corrected chi connectivity index (χ4v) is 2.50. The second-order valence-corrected chi connectivity index (χ2v) is 6.97. The Balaban J connectivity index is 1.92. The molecule has 0 radical (unpaired) electrons. The maximum absolute atomic E-state index is 12.2. The molecule has 0 bridgehead atoms. The number of hydrogen-bond acceptors (Lipinski definition) is 5. The van der Waals surface area contributed by atoms with Gasteiger partial charge in [0.1, 0.15) is 12.2 Å². The van der Waals surface area contributed by atoms with Crippen molar-refractivity contribution in [3.8, 4) is 0 Å². The van der Waals surface area contributed by atoms with Crippen LogP contribution in [0.1, 0.15) is 26.3 Å². The predicted molar refractivity (Wildman–Crippen MR) is 94.3 cm³/mol. The fraction of sp³-hybridized carbons (Fsp3) is 0.529. The van der Waals surface area contributed by atoms with Crippen LogP contribution in [0.4, 0.5) is 9.59 Å². The van der Waals surface area contributed by atoms with E-state index in [-0.39, 0.29) is 19.7 Å². The molecule has 2 atom stereocenters. The van der Waals surface area contributed by atoms with Crippen molar-refractivity contribution in [3.05, 3.63) is 46.3 Å². The van der Waals surface area contributed by atoms with Gasteiger partial charge in [0.25, 0.3) is 0 Å². The SMILES string of the molecule is CC(C)(C)OC(=O)N1C[C@H](N=[N+]=[N-])[C@H](NC(=O)OCc2ccccc2)C1. The summed E-state index contributed by atoms with van der Waals surface area (Å²) in [4.78, 5) is 28.4. The molecule has 0 unspecified atom stereocenters. The van der Waals surface area contributed by atoms with E-state index in [1.807, 2.05) is 30.3 Å². The molecule has 0 spiro atoms. The first-order valence-electron chi connectivity index (χ1n) is 8.28.